The van der Waals surface area contributed by atoms with E-state index in [9.17, 15) is 0 Å². The van der Waals surface area contributed by atoms with Crippen molar-refractivity contribution in [2.24, 2.45) is 4.99 Å². The summed E-state index contributed by atoms with van der Waals surface area (Å²) >= 11 is 0. The molecule has 1 saturated carbocycles. The van der Waals surface area contributed by atoms with Crippen LogP contribution in [0.4, 0.5) is 0 Å². The number of aliphatic imine (C=N–C) groups is 1. The second-order valence-corrected chi connectivity index (χ2v) is 3.89. The van der Waals surface area contributed by atoms with Crippen molar-refractivity contribution in [1.29, 1.82) is 0 Å². The van der Waals surface area contributed by atoms with E-state index in [4.69, 9.17) is 0 Å². The molecule has 0 aromatic carbocycles. The Balaban J connectivity index is 2.06. The molecule has 1 fully saturated rings. The summed E-state index contributed by atoms with van der Waals surface area (Å²) in [7, 11) is 0. The molecule has 0 heterocycles. The maximum atomic E-state index is 4.67. The Morgan fingerprint density at radius 1 is 1.33 bits per heavy atom. The van der Waals surface area contributed by atoms with Gasteiger partial charge in [-0.15, -0.1) is 0 Å². The van der Waals surface area contributed by atoms with Gasteiger partial charge >= 0.3 is 0 Å². The first-order chi connectivity index (χ1) is 5.83. The van der Waals surface area contributed by atoms with E-state index in [2.05, 4.69) is 18.8 Å². The molecule has 1 nitrogen and oxygen atoms in total. The van der Waals surface area contributed by atoms with Gasteiger partial charge in [-0.25, -0.2) is 0 Å². The van der Waals surface area contributed by atoms with Crippen LogP contribution in [-0.2, 0) is 0 Å². The Morgan fingerprint density at radius 2 is 2.08 bits per heavy atom. The van der Waals surface area contributed by atoms with E-state index < -0.39 is 0 Å². The Morgan fingerprint density at radius 3 is 2.58 bits per heavy atom. The molecule has 1 unspecified atom stereocenters. The second-order valence-electron chi connectivity index (χ2n) is 3.89. The van der Waals surface area contributed by atoms with E-state index >= 15 is 0 Å². The third kappa shape index (κ3) is 3.38. The van der Waals surface area contributed by atoms with Crippen molar-refractivity contribution in [2.45, 2.75) is 64.8 Å². The molecule has 0 N–H and O–H groups in total. The highest BCUT2D eigenvalue weighted by molar-refractivity contribution is 5.89. The molecule has 0 saturated heterocycles. The molecule has 70 valence electrons. The summed E-state index contributed by atoms with van der Waals surface area (Å²) < 4.78 is 0. The predicted molar refractivity (Wildman–Crippen MR) is 54.9 cm³/mol. The van der Waals surface area contributed by atoms with E-state index in [1.165, 1.54) is 50.7 Å². The van der Waals surface area contributed by atoms with Crippen LogP contribution in [0.3, 0.4) is 0 Å². The van der Waals surface area contributed by atoms with Crippen LogP contribution in [0.15, 0.2) is 4.99 Å². The van der Waals surface area contributed by atoms with E-state index in [1.54, 1.807) is 0 Å². The Labute approximate surface area is 76.3 Å². The molecule has 1 atom stereocenters. The van der Waals surface area contributed by atoms with Crippen molar-refractivity contribution in [3.63, 3.8) is 0 Å². The van der Waals surface area contributed by atoms with Crippen LogP contribution in [0.5, 0.6) is 0 Å². The third-order valence-electron chi connectivity index (χ3n) is 2.56. The highest BCUT2D eigenvalue weighted by atomic mass is 14.8. The number of unbranched alkanes of at least 4 members (excludes halogenated alkanes) is 2. The average Bonchev–Trinajstić information content (AvgIpc) is 1.98. The van der Waals surface area contributed by atoms with Gasteiger partial charge in [0, 0.05) is 11.8 Å². The topological polar surface area (TPSA) is 12.4 Å². The van der Waals surface area contributed by atoms with Crippen molar-refractivity contribution >= 4 is 5.71 Å². The van der Waals surface area contributed by atoms with Crippen LogP contribution in [0.2, 0.25) is 0 Å². The van der Waals surface area contributed by atoms with Crippen LogP contribution in [0.25, 0.3) is 0 Å². The minimum Gasteiger partial charge on any atom is -0.291 e. The molecule has 0 aliphatic heterocycles. The van der Waals surface area contributed by atoms with Gasteiger partial charge in [0.05, 0.1) is 0 Å². The SMILES string of the molecule is CCCCCC(C)N=C1CCC1. The summed E-state index contributed by atoms with van der Waals surface area (Å²) in [4.78, 5) is 4.67. The zero-order valence-electron chi connectivity index (χ0n) is 8.47. The van der Waals surface area contributed by atoms with E-state index in [0.717, 1.165) is 0 Å². The predicted octanol–water partition coefficient (Wildman–Crippen LogP) is 3.58. The smallest absolute Gasteiger partial charge is 0.0470 e. The Hall–Kier alpha value is -0.330. The minimum atomic E-state index is 0.590. The molecule has 0 aromatic rings. The zero-order chi connectivity index (χ0) is 8.81. The number of rotatable bonds is 5. The molecule has 0 aromatic heterocycles. The summed E-state index contributed by atoms with van der Waals surface area (Å²) in [6.45, 7) is 4.50. The van der Waals surface area contributed by atoms with Gasteiger partial charge in [0.25, 0.3) is 0 Å². The standard InChI is InChI=1S/C11H21N/c1-3-4-5-7-10(2)12-11-8-6-9-11/h10H,3-9H2,1-2H3. The van der Waals surface area contributed by atoms with Gasteiger partial charge in [-0.3, -0.25) is 4.99 Å². The van der Waals surface area contributed by atoms with Gasteiger partial charge in [-0.05, 0) is 32.6 Å². The van der Waals surface area contributed by atoms with Gasteiger partial charge in [0.15, 0.2) is 0 Å². The highest BCUT2D eigenvalue weighted by Crippen LogP contribution is 2.17. The first kappa shape index (κ1) is 9.76. The van der Waals surface area contributed by atoms with Crippen LogP contribution in [-0.4, -0.2) is 11.8 Å². The van der Waals surface area contributed by atoms with Crippen LogP contribution >= 0.6 is 0 Å². The van der Waals surface area contributed by atoms with Crippen LogP contribution in [0.1, 0.15) is 58.8 Å². The van der Waals surface area contributed by atoms with Crippen molar-refractivity contribution < 1.29 is 0 Å². The van der Waals surface area contributed by atoms with Gasteiger partial charge in [-0.1, -0.05) is 26.2 Å². The van der Waals surface area contributed by atoms with E-state index in [0.29, 0.717) is 6.04 Å². The number of hydrogen-bond donors (Lipinski definition) is 0. The van der Waals surface area contributed by atoms with Gasteiger partial charge in [-0.2, -0.15) is 0 Å². The highest BCUT2D eigenvalue weighted by Gasteiger charge is 2.10. The molecule has 0 bridgehead atoms. The molecule has 1 aliphatic rings. The zero-order valence-corrected chi connectivity index (χ0v) is 8.47. The van der Waals surface area contributed by atoms with Crippen LogP contribution in [0, 0.1) is 0 Å². The molecule has 1 heteroatoms. The fourth-order valence-corrected chi connectivity index (χ4v) is 1.53. The average molecular weight is 167 g/mol. The summed E-state index contributed by atoms with van der Waals surface area (Å²) in [6, 6.07) is 0.590. The summed E-state index contributed by atoms with van der Waals surface area (Å²) in [6.07, 6.45) is 9.26. The van der Waals surface area contributed by atoms with Crippen LogP contribution < -0.4 is 0 Å². The molecule has 0 amide bonds. The summed E-state index contributed by atoms with van der Waals surface area (Å²) in [5.41, 5.74) is 1.47. The summed E-state index contributed by atoms with van der Waals surface area (Å²) in [5, 5.41) is 0. The largest absolute Gasteiger partial charge is 0.291 e. The first-order valence-electron chi connectivity index (χ1n) is 5.38. The normalized spacial score (nSPS) is 18.7. The van der Waals surface area contributed by atoms with E-state index in [1.807, 2.05) is 0 Å². The molecular weight excluding hydrogens is 146 g/mol. The Bertz CT molecular complexity index is 143. The van der Waals surface area contributed by atoms with Gasteiger partial charge in [0.1, 0.15) is 0 Å². The molecule has 1 rings (SSSR count). The van der Waals surface area contributed by atoms with Gasteiger partial charge in [0.2, 0.25) is 0 Å². The molecular formula is C11H21N. The van der Waals surface area contributed by atoms with Gasteiger partial charge < -0.3 is 0 Å². The molecule has 0 radical (unpaired) electrons. The maximum absolute atomic E-state index is 4.67. The Kier molecular flexibility index (Phi) is 4.34. The lowest BCUT2D eigenvalue weighted by Gasteiger charge is -2.17. The molecule has 12 heavy (non-hydrogen) atoms. The number of nitrogens with zero attached hydrogens (tertiary/aromatic N) is 1. The fourth-order valence-electron chi connectivity index (χ4n) is 1.53. The lowest BCUT2D eigenvalue weighted by atomic mass is 9.96. The maximum Gasteiger partial charge on any atom is 0.0470 e. The quantitative estimate of drug-likeness (QED) is 0.555. The van der Waals surface area contributed by atoms with Crippen molar-refractivity contribution in [2.75, 3.05) is 0 Å². The lowest BCUT2D eigenvalue weighted by Crippen LogP contribution is -2.13. The fraction of sp³-hybridized carbons (Fsp3) is 0.909. The van der Waals surface area contributed by atoms with Crippen molar-refractivity contribution in [3.8, 4) is 0 Å². The summed E-state index contributed by atoms with van der Waals surface area (Å²) in [5.74, 6) is 0. The minimum absolute atomic E-state index is 0.590. The van der Waals surface area contributed by atoms with Crippen molar-refractivity contribution in [3.05, 3.63) is 0 Å². The van der Waals surface area contributed by atoms with Crippen molar-refractivity contribution in [1.82, 2.24) is 0 Å². The number of hydrogen-bond acceptors (Lipinski definition) is 1. The molecule has 0 spiro atoms. The molecule has 1 aliphatic carbocycles. The van der Waals surface area contributed by atoms with E-state index in [-0.39, 0.29) is 0 Å². The second kappa shape index (κ2) is 5.34. The lowest BCUT2D eigenvalue weighted by molar-refractivity contribution is 0.586. The third-order valence-corrected chi connectivity index (χ3v) is 2.56. The first-order valence-corrected chi connectivity index (χ1v) is 5.38. The monoisotopic (exact) mass is 167 g/mol.